The average molecular weight is 373 g/mol. The Hall–Kier alpha value is -0.400. The summed E-state index contributed by atoms with van der Waals surface area (Å²) in [5, 5.41) is 0. The third kappa shape index (κ3) is 4.63. The maximum absolute atomic E-state index is 13.0. The molecule has 0 aliphatic heterocycles. The van der Waals surface area contributed by atoms with E-state index in [9.17, 15) is 12.8 Å². The topological polar surface area (TPSA) is 46.2 Å². The SMILES string of the molecule is CS(=O)(=O)Nc1ccc(F)cc1C=C(Br)Br. The molecule has 0 radical (unpaired) electrons. The van der Waals surface area contributed by atoms with Gasteiger partial charge in [-0.25, -0.2) is 12.8 Å². The van der Waals surface area contributed by atoms with Crippen molar-refractivity contribution >= 4 is 53.6 Å². The summed E-state index contributed by atoms with van der Waals surface area (Å²) in [6.45, 7) is 0. The third-order valence-electron chi connectivity index (χ3n) is 1.57. The molecule has 0 atom stereocenters. The lowest BCUT2D eigenvalue weighted by atomic mass is 10.2. The summed E-state index contributed by atoms with van der Waals surface area (Å²) in [5.74, 6) is -0.438. The van der Waals surface area contributed by atoms with Crippen LogP contribution >= 0.6 is 31.9 Å². The highest BCUT2D eigenvalue weighted by Gasteiger charge is 2.07. The van der Waals surface area contributed by atoms with E-state index in [4.69, 9.17) is 0 Å². The molecule has 0 aliphatic carbocycles. The molecule has 0 bridgehead atoms. The van der Waals surface area contributed by atoms with Gasteiger partial charge < -0.3 is 0 Å². The summed E-state index contributed by atoms with van der Waals surface area (Å²) < 4.78 is 38.0. The van der Waals surface area contributed by atoms with Gasteiger partial charge in [0, 0.05) is 5.56 Å². The van der Waals surface area contributed by atoms with Crippen LogP contribution in [0.4, 0.5) is 10.1 Å². The summed E-state index contributed by atoms with van der Waals surface area (Å²) >= 11 is 6.26. The number of sulfonamides is 1. The second kappa shape index (κ2) is 5.29. The van der Waals surface area contributed by atoms with E-state index < -0.39 is 15.8 Å². The van der Waals surface area contributed by atoms with Crippen LogP contribution in [-0.4, -0.2) is 14.7 Å². The van der Waals surface area contributed by atoms with Gasteiger partial charge in [-0.1, -0.05) is 0 Å². The molecule has 0 saturated carbocycles. The minimum absolute atomic E-state index is 0.320. The summed E-state index contributed by atoms with van der Waals surface area (Å²) in [4.78, 5) is 0. The van der Waals surface area contributed by atoms with Crippen LogP contribution in [0.3, 0.4) is 0 Å². The summed E-state index contributed by atoms with van der Waals surface area (Å²) in [5.41, 5.74) is 0.745. The number of hydrogen-bond acceptors (Lipinski definition) is 2. The maximum Gasteiger partial charge on any atom is 0.229 e. The van der Waals surface area contributed by atoms with Gasteiger partial charge in [0.05, 0.1) is 15.3 Å². The number of nitrogens with one attached hydrogen (secondary N) is 1. The third-order valence-corrected chi connectivity index (χ3v) is 2.62. The first-order valence-electron chi connectivity index (χ1n) is 4.08. The number of anilines is 1. The zero-order valence-corrected chi connectivity index (χ0v) is 12.2. The Labute approximate surface area is 110 Å². The van der Waals surface area contributed by atoms with Crippen LogP contribution in [0, 0.1) is 5.82 Å². The lowest BCUT2D eigenvalue weighted by Gasteiger charge is -2.07. The molecule has 0 heterocycles. The van der Waals surface area contributed by atoms with Crippen molar-refractivity contribution in [1.82, 2.24) is 0 Å². The van der Waals surface area contributed by atoms with E-state index in [0.29, 0.717) is 14.6 Å². The fourth-order valence-electron chi connectivity index (χ4n) is 1.06. The number of benzene rings is 1. The minimum Gasteiger partial charge on any atom is -0.283 e. The Morgan fingerprint density at radius 1 is 1.44 bits per heavy atom. The van der Waals surface area contributed by atoms with Gasteiger partial charge in [-0.2, -0.15) is 0 Å². The highest BCUT2D eigenvalue weighted by Crippen LogP contribution is 2.25. The molecule has 16 heavy (non-hydrogen) atoms. The fourth-order valence-corrected chi connectivity index (χ4v) is 2.14. The van der Waals surface area contributed by atoms with Gasteiger partial charge in [-0.3, -0.25) is 4.72 Å². The van der Waals surface area contributed by atoms with Crippen molar-refractivity contribution in [2.75, 3.05) is 11.0 Å². The zero-order chi connectivity index (χ0) is 12.3. The Morgan fingerprint density at radius 2 is 2.06 bits per heavy atom. The van der Waals surface area contributed by atoms with Crippen molar-refractivity contribution in [3.63, 3.8) is 0 Å². The van der Waals surface area contributed by atoms with E-state index >= 15 is 0 Å². The van der Waals surface area contributed by atoms with Gasteiger partial charge in [0.2, 0.25) is 10.0 Å². The van der Waals surface area contributed by atoms with E-state index in [-0.39, 0.29) is 0 Å². The molecular formula is C9H8Br2FNO2S. The number of hydrogen-bond donors (Lipinski definition) is 1. The molecular weight excluding hydrogens is 365 g/mol. The Kier molecular flexibility index (Phi) is 4.52. The predicted octanol–water partition coefficient (Wildman–Crippen LogP) is 3.29. The molecule has 1 aromatic rings. The maximum atomic E-state index is 13.0. The van der Waals surface area contributed by atoms with Crippen LogP contribution in [0.2, 0.25) is 0 Å². The number of halogens is 3. The minimum atomic E-state index is -3.38. The molecule has 0 spiro atoms. The van der Waals surface area contributed by atoms with Crippen LogP contribution in [0.25, 0.3) is 6.08 Å². The highest BCUT2D eigenvalue weighted by atomic mass is 79.9. The standard InChI is InChI=1S/C9H8Br2FNO2S/c1-16(14,15)13-8-3-2-7(12)4-6(8)5-9(10)11/h2-5,13H,1H3. The van der Waals surface area contributed by atoms with Crippen LogP contribution in [0.15, 0.2) is 21.6 Å². The van der Waals surface area contributed by atoms with Gasteiger partial charge in [-0.05, 0) is 56.1 Å². The molecule has 0 aromatic heterocycles. The molecule has 0 amide bonds. The second-order valence-electron chi connectivity index (χ2n) is 3.04. The van der Waals surface area contributed by atoms with Crippen LogP contribution in [0.1, 0.15) is 5.56 Å². The molecule has 0 aliphatic rings. The molecule has 0 unspecified atom stereocenters. The summed E-state index contributed by atoms with van der Waals surface area (Å²) in [7, 11) is -3.38. The largest absolute Gasteiger partial charge is 0.283 e. The average Bonchev–Trinajstić information content (AvgIpc) is 2.06. The Balaban J connectivity index is 3.23. The summed E-state index contributed by atoms with van der Waals surface area (Å²) in [6, 6.07) is 3.79. The lowest BCUT2D eigenvalue weighted by molar-refractivity contribution is 0.606. The van der Waals surface area contributed by atoms with Crippen molar-refractivity contribution in [3.05, 3.63) is 33.0 Å². The normalized spacial score (nSPS) is 11.0. The molecule has 3 nitrogen and oxygen atoms in total. The zero-order valence-electron chi connectivity index (χ0n) is 8.17. The second-order valence-corrected chi connectivity index (χ2v) is 7.56. The molecule has 1 rings (SSSR count). The van der Waals surface area contributed by atoms with E-state index in [0.717, 1.165) is 6.26 Å². The summed E-state index contributed by atoms with van der Waals surface area (Å²) in [6.07, 6.45) is 2.59. The molecule has 88 valence electrons. The smallest absolute Gasteiger partial charge is 0.229 e. The molecule has 0 saturated heterocycles. The predicted molar refractivity (Wildman–Crippen MR) is 70.7 cm³/mol. The van der Waals surface area contributed by atoms with Gasteiger partial charge in [0.1, 0.15) is 5.82 Å². The van der Waals surface area contributed by atoms with Crippen molar-refractivity contribution < 1.29 is 12.8 Å². The monoisotopic (exact) mass is 371 g/mol. The first-order chi connectivity index (χ1) is 7.28. The Morgan fingerprint density at radius 3 is 2.56 bits per heavy atom. The number of rotatable bonds is 3. The van der Waals surface area contributed by atoms with Crippen molar-refractivity contribution in [2.45, 2.75) is 0 Å². The van der Waals surface area contributed by atoms with E-state index in [2.05, 4.69) is 36.6 Å². The van der Waals surface area contributed by atoms with E-state index in [1.807, 2.05) is 0 Å². The van der Waals surface area contributed by atoms with Crippen molar-refractivity contribution in [3.8, 4) is 0 Å². The first-order valence-corrected chi connectivity index (χ1v) is 7.56. The van der Waals surface area contributed by atoms with Crippen LogP contribution < -0.4 is 4.72 Å². The van der Waals surface area contributed by atoms with Crippen LogP contribution in [-0.2, 0) is 10.0 Å². The highest BCUT2D eigenvalue weighted by molar-refractivity contribution is 9.28. The first kappa shape index (κ1) is 13.7. The van der Waals surface area contributed by atoms with Gasteiger partial charge in [-0.15, -0.1) is 0 Å². The molecule has 1 N–H and O–H groups in total. The molecule has 0 fully saturated rings. The quantitative estimate of drug-likeness (QED) is 0.884. The van der Waals surface area contributed by atoms with Gasteiger partial charge >= 0.3 is 0 Å². The van der Waals surface area contributed by atoms with Crippen LogP contribution in [0.5, 0.6) is 0 Å². The van der Waals surface area contributed by atoms with Gasteiger partial charge in [0.25, 0.3) is 0 Å². The van der Waals surface area contributed by atoms with Crippen molar-refractivity contribution in [2.24, 2.45) is 0 Å². The Bertz CT molecular complexity index is 524. The van der Waals surface area contributed by atoms with Crippen molar-refractivity contribution in [1.29, 1.82) is 0 Å². The molecule has 1 aromatic carbocycles. The lowest BCUT2D eigenvalue weighted by Crippen LogP contribution is -2.10. The van der Waals surface area contributed by atoms with Gasteiger partial charge in [0.15, 0.2) is 0 Å². The molecule has 7 heteroatoms. The van der Waals surface area contributed by atoms with E-state index in [1.54, 1.807) is 6.08 Å². The van der Waals surface area contributed by atoms with E-state index in [1.165, 1.54) is 18.2 Å². The fraction of sp³-hybridized carbons (Fsp3) is 0.111.